The van der Waals surface area contributed by atoms with Gasteiger partial charge in [-0.05, 0) is 24.8 Å². The molecule has 17 heavy (non-hydrogen) atoms. The molecule has 1 aliphatic rings. The fourth-order valence-corrected chi connectivity index (χ4v) is 2.28. The van der Waals surface area contributed by atoms with Crippen LogP contribution in [0, 0.1) is 5.92 Å². The van der Waals surface area contributed by atoms with Crippen molar-refractivity contribution in [3.8, 4) is 0 Å². The second-order valence-electron chi connectivity index (χ2n) is 4.40. The van der Waals surface area contributed by atoms with Crippen LogP contribution in [0.3, 0.4) is 0 Å². The van der Waals surface area contributed by atoms with Crippen LogP contribution in [0.2, 0.25) is 0 Å². The number of amides is 1. The van der Waals surface area contributed by atoms with E-state index in [0.717, 1.165) is 12.8 Å². The molecule has 1 aliphatic carbocycles. The molecule has 4 heteroatoms. The second kappa shape index (κ2) is 5.28. The molecule has 0 saturated heterocycles. The molecule has 0 bridgehead atoms. The normalized spacial score (nSPS) is 20.9. The standard InChI is InChI=1S/C13H15Cl2NO/c14-13(15)9-11(13)12(17)16-8-4-7-10-5-2-1-3-6-10/h1-3,5-6,11H,4,7-9H2,(H,16,17). The van der Waals surface area contributed by atoms with E-state index in [4.69, 9.17) is 23.2 Å². The number of hydrogen-bond acceptors (Lipinski definition) is 1. The van der Waals surface area contributed by atoms with Crippen molar-refractivity contribution in [3.05, 3.63) is 35.9 Å². The van der Waals surface area contributed by atoms with Crippen LogP contribution in [-0.2, 0) is 11.2 Å². The Morgan fingerprint density at radius 2 is 2.00 bits per heavy atom. The molecule has 0 spiro atoms. The first-order valence-electron chi connectivity index (χ1n) is 5.79. The SMILES string of the molecule is O=C(NCCCc1ccccc1)C1CC1(Cl)Cl. The fraction of sp³-hybridized carbons (Fsp3) is 0.462. The molecule has 2 rings (SSSR count). The molecule has 0 heterocycles. The predicted molar refractivity (Wildman–Crippen MR) is 70.3 cm³/mol. The summed E-state index contributed by atoms with van der Waals surface area (Å²) in [5.74, 6) is -0.245. The quantitative estimate of drug-likeness (QED) is 0.648. The van der Waals surface area contributed by atoms with Gasteiger partial charge in [-0.1, -0.05) is 30.3 Å². The van der Waals surface area contributed by atoms with Gasteiger partial charge >= 0.3 is 0 Å². The average Bonchev–Trinajstić information content (AvgIpc) is 2.95. The average molecular weight is 272 g/mol. The van der Waals surface area contributed by atoms with Crippen molar-refractivity contribution in [3.63, 3.8) is 0 Å². The molecule has 0 radical (unpaired) electrons. The van der Waals surface area contributed by atoms with Gasteiger partial charge in [-0.3, -0.25) is 4.79 Å². The van der Waals surface area contributed by atoms with Crippen molar-refractivity contribution in [2.75, 3.05) is 6.54 Å². The Kier molecular flexibility index (Phi) is 3.95. The van der Waals surface area contributed by atoms with Crippen LogP contribution in [0.1, 0.15) is 18.4 Å². The van der Waals surface area contributed by atoms with Gasteiger partial charge in [0.15, 0.2) is 0 Å². The van der Waals surface area contributed by atoms with E-state index in [1.165, 1.54) is 5.56 Å². The van der Waals surface area contributed by atoms with Gasteiger partial charge in [0.05, 0.1) is 5.92 Å². The zero-order valence-corrected chi connectivity index (χ0v) is 11.0. The van der Waals surface area contributed by atoms with Crippen LogP contribution in [0.15, 0.2) is 30.3 Å². The summed E-state index contributed by atoms with van der Waals surface area (Å²) in [7, 11) is 0. The van der Waals surface area contributed by atoms with E-state index in [1.807, 2.05) is 18.2 Å². The first-order chi connectivity index (χ1) is 8.09. The molecular formula is C13H15Cl2NO. The number of aryl methyl sites for hydroxylation is 1. The van der Waals surface area contributed by atoms with Crippen molar-refractivity contribution >= 4 is 29.1 Å². The predicted octanol–water partition coefficient (Wildman–Crippen LogP) is 2.93. The van der Waals surface area contributed by atoms with Gasteiger partial charge in [-0.2, -0.15) is 0 Å². The Balaban J connectivity index is 1.63. The van der Waals surface area contributed by atoms with Gasteiger partial charge in [0.2, 0.25) is 5.91 Å². The lowest BCUT2D eigenvalue weighted by Crippen LogP contribution is -2.27. The van der Waals surface area contributed by atoms with Crippen molar-refractivity contribution in [2.45, 2.75) is 23.6 Å². The minimum atomic E-state index is -0.816. The lowest BCUT2D eigenvalue weighted by molar-refractivity contribution is -0.122. The summed E-state index contributed by atoms with van der Waals surface area (Å²) in [6, 6.07) is 10.2. The summed E-state index contributed by atoms with van der Waals surface area (Å²) >= 11 is 11.6. The maximum Gasteiger partial charge on any atom is 0.226 e. The van der Waals surface area contributed by atoms with E-state index in [1.54, 1.807) is 0 Å². The summed E-state index contributed by atoms with van der Waals surface area (Å²) in [6.45, 7) is 0.675. The van der Waals surface area contributed by atoms with Crippen LogP contribution in [-0.4, -0.2) is 16.8 Å². The van der Waals surface area contributed by atoms with E-state index >= 15 is 0 Å². The third kappa shape index (κ3) is 3.62. The van der Waals surface area contributed by atoms with Crippen molar-refractivity contribution in [2.24, 2.45) is 5.92 Å². The number of benzene rings is 1. The van der Waals surface area contributed by atoms with E-state index in [2.05, 4.69) is 17.4 Å². The van der Waals surface area contributed by atoms with Crippen LogP contribution in [0.25, 0.3) is 0 Å². The fourth-order valence-electron chi connectivity index (χ4n) is 1.77. The topological polar surface area (TPSA) is 29.1 Å². The van der Waals surface area contributed by atoms with Crippen molar-refractivity contribution in [1.82, 2.24) is 5.32 Å². The minimum Gasteiger partial charge on any atom is -0.356 e. The number of carbonyl (C=O) groups is 1. The van der Waals surface area contributed by atoms with Gasteiger partial charge in [0.25, 0.3) is 0 Å². The highest BCUT2D eigenvalue weighted by atomic mass is 35.5. The van der Waals surface area contributed by atoms with Crippen molar-refractivity contribution in [1.29, 1.82) is 0 Å². The lowest BCUT2D eigenvalue weighted by atomic mass is 10.1. The molecule has 92 valence electrons. The summed E-state index contributed by atoms with van der Waals surface area (Å²) in [6.07, 6.45) is 2.47. The number of hydrogen-bond donors (Lipinski definition) is 1. The molecule has 1 aromatic carbocycles. The number of rotatable bonds is 5. The van der Waals surface area contributed by atoms with E-state index < -0.39 is 4.33 Å². The highest BCUT2D eigenvalue weighted by Crippen LogP contribution is 2.53. The Morgan fingerprint density at radius 1 is 1.35 bits per heavy atom. The van der Waals surface area contributed by atoms with E-state index in [0.29, 0.717) is 13.0 Å². The monoisotopic (exact) mass is 271 g/mol. The number of alkyl halides is 2. The molecule has 1 N–H and O–H groups in total. The molecule has 1 saturated carbocycles. The maximum atomic E-state index is 11.6. The molecule has 0 aliphatic heterocycles. The third-order valence-corrected chi connectivity index (χ3v) is 3.76. The smallest absolute Gasteiger partial charge is 0.226 e. The number of nitrogens with one attached hydrogen (secondary N) is 1. The van der Waals surface area contributed by atoms with Gasteiger partial charge in [0, 0.05) is 6.54 Å². The van der Waals surface area contributed by atoms with E-state index in [-0.39, 0.29) is 11.8 Å². The molecule has 1 atom stereocenters. The Hall–Kier alpha value is -0.730. The van der Waals surface area contributed by atoms with Crippen LogP contribution in [0.4, 0.5) is 0 Å². The Morgan fingerprint density at radius 3 is 2.59 bits per heavy atom. The molecule has 2 nitrogen and oxygen atoms in total. The molecule has 1 amide bonds. The summed E-state index contributed by atoms with van der Waals surface area (Å²) in [4.78, 5) is 11.6. The molecule has 1 fully saturated rings. The zero-order chi connectivity index (χ0) is 12.3. The van der Waals surface area contributed by atoms with Crippen LogP contribution >= 0.6 is 23.2 Å². The van der Waals surface area contributed by atoms with Gasteiger partial charge in [-0.15, -0.1) is 23.2 Å². The zero-order valence-electron chi connectivity index (χ0n) is 9.46. The van der Waals surface area contributed by atoms with E-state index in [9.17, 15) is 4.79 Å². The highest BCUT2D eigenvalue weighted by Gasteiger charge is 2.56. The first-order valence-corrected chi connectivity index (χ1v) is 6.54. The lowest BCUT2D eigenvalue weighted by Gasteiger charge is -2.05. The first kappa shape index (κ1) is 12.7. The van der Waals surface area contributed by atoms with Crippen LogP contribution in [0.5, 0.6) is 0 Å². The van der Waals surface area contributed by atoms with Gasteiger partial charge in [-0.25, -0.2) is 0 Å². The second-order valence-corrected chi connectivity index (χ2v) is 5.94. The Bertz CT molecular complexity index is 392. The van der Waals surface area contributed by atoms with Gasteiger partial charge < -0.3 is 5.32 Å². The minimum absolute atomic E-state index is 0.0249. The summed E-state index contributed by atoms with van der Waals surface area (Å²) < 4.78 is -0.816. The largest absolute Gasteiger partial charge is 0.356 e. The number of carbonyl (C=O) groups excluding carboxylic acids is 1. The summed E-state index contributed by atoms with van der Waals surface area (Å²) in [5, 5.41) is 2.86. The number of halogens is 2. The maximum absolute atomic E-state index is 11.6. The van der Waals surface area contributed by atoms with Gasteiger partial charge in [0.1, 0.15) is 4.33 Å². The molecule has 0 aromatic heterocycles. The molecule has 1 unspecified atom stereocenters. The summed E-state index contributed by atoms with van der Waals surface area (Å²) in [5.41, 5.74) is 1.29. The third-order valence-electron chi connectivity index (χ3n) is 2.93. The Labute approximate surface area is 111 Å². The highest BCUT2D eigenvalue weighted by molar-refractivity contribution is 6.52. The molecular weight excluding hydrogens is 257 g/mol. The van der Waals surface area contributed by atoms with Crippen LogP contribution < -0.4 is 5.32 Å². The van der Waals surface area contributed by atoms with Crippen molar-refractivity contribution < 1.29 is 4.79 Å². The molecule has 1 aromatic rings.